The van der Waals surface area contributed by atoms with Crippen molar-refractivity contribution in [2.45, 2.75) is 207 Å². The summed E-state index contributed by atoms with van der Waals surface area (Å²) >= 11 is 0. The Morgan fingerprint density at radius 3 is 1.18 bits per heavy atom. The van der Waals surface area contributed by atoms with Gasteiger partial charge >= 0.3 is 17.9 Å². The highest BCUT2D eigenvalue weighted by atomic mass is 16.6. The number of hydrogen-bond acceptors (Lipinski definition) is 6. The average molecular weight is 767 g/mol. The molecule has 0 fully saturated rings. The number of carbonyl (C=O) groups excluding carboxylic acids is 3. The fraction of sp³-hybridized carbons (Fsp3) is 0.694. The molecule has 6 heteroatoms. The predicted molar refractivity (Wildman–Crippen MR) is 233 cm³/mol. The van der Waals surface area contributed by atoms with Crippen LogP contribution >= 0.6 is 0 Å². The molecular weight excluding hydrogens is 685 g/mol. The fourth-order valence-electron chi connectivity index (χ4n) is 5.89. The third-order valence-corrected chi connectivity index (χ3v) is 9.21. The summed E-state index contributed by atoms with van der Waals surface area (Å²) in [6.45, 7) is 6.31. The van der Waals surface area contributed by atoms with Crippen molar-refractivity contribution in [3.8, 4) is 0 Å². The van der Waals surface area contributed by atoms with Crippen molar-refractivity contribution in [2.75, 3.05) is 13.2 Å². The Labute approximate surface area is 338 Å². The number of hydrogen-bond donors (Lipinski definition) is 0. The number of carbonyl (C=O) groups is 3. The molecule has 0 aromatic rings. The van der Waals surface area contributed by atoms with Gasteiger partial charge in [-0.25, -0.2) is 0 Å². The minimum atomic E-state index is -0.800. The van der Waals surface area contributed by atoms with Gasteiger partial charge in [0.15, 0.2) is 6.10 Å². The van der Waals surface area contributed by atoms with E-state index in [9.17, 15) is 14.4 Å². The monoisotopic (exact) mass is 767 g/mol. The summed E-state index contributed by atoms with van der Waals surface area (Å²) in [5, 5.41) is 0. The molecule has 1 atom stereocenters. The Morgan fingerprint density at radius 2 is 0.727 bits per heavy atom. The maximum Gasteiger partial charge on any atom is 0.306 e. The molecule has 0 aromatic carbocycles. The van der Waals surface area contributed by atoms with Crippen LogP contribution < -0.4 is 0 Å². The molecule has 0 radical (unpaired) electrons. The van der Waals surface area contributed by atoms with E-state index in [2.05, 4.69) is 93.7 Å². The van der Waals surface area contributed by atoms with E-state index in [4.69, 9.17) is 14.2 Å². The van der Waals surface area contributed by atoms with Crippen molar-refractivity contribution in [2.24, 2.45) is 0 Å². The Hall–Kier alpha value is -3.15. The third kappa shape index (κ3) is 41.8. The number of allylic oxidation sites excluding steroid dienone is 12. The lowest BCUT2D eigenvalue weighted by molar-refractivity contribution is -0.167. The van der Waals surface area contributed by atoms with Crippen LogP contribution in [-0.4, -0.2) is 37.2 Å². The second-order valence-corrected chi connectivity index (χ2v) is 14.5. The summed E-state index contributed by atoms with van der Waals surface area (Å²) in [5.74, 6) is -0.984. The first-order valence-electron chi connectivity index (χ1n) is 22.4. The van der Waals surface area contributed by atoms with Crippen molar-refractivity contribution in [1.29, 1.82) is 0 Å². The maximum absolute atomic E-state index is 12.7. The van der Waals surface area contributed by atoms with Crippen LogP contribution in [0.25, 0.3) is 0 Å². The highest BCUT2D eigenvalue weighted by Gasteiger charge is 2.19. The minimum Gasteiger partial charge on any atom is -0.462 e. The predicted octanol–water partition coefficient (Wildman–Crippen LogP) is 14.3. The summed E-state index contributed by atoms with van der Waals surface area (Å²) < 4.78 is 16.6. The minimum absolute atomic E-state index is 0.102. The van der Waals surface area contributed by atoms with Crippen LogP contribution in [0.5, 0.6) is 0 Å². The summed E-state index contributed by atoms with van der Waals surface area (Å²) in [7, 11) is 0. The molecule has 0 spiro atoms. The zero-order valence-electron chi connectivity index (χ0n) is 35.7. The highest BCUT2D eigenvalue weighted by molar-refractivity contribution is 5.71. The Kier molecular flexibility index (Phi) is 41.1. The molecule has 0 aliphatic carbocycles. The molecule has 0 heterocycles. The average Bonchev–Trinajstić information content (AvgIpc) is 3.18. The van der Waals surface area contributed by atoms with Crippen molar-refractivity contribution in [3.05, 3.63) is 72.9 Å². The van der Waals surface area contributed by atoms with Gasteiger partial charge in [0, 0.05) is 19.3 Å². The molecule has 314 valence electrons. The summed E-state index contributed by atoms with van der Waals surface area (Å²) in [4.78, 5) is 37.7. The van der Waals surface area contributed by atoms with E-state index >= 15 is 0 Å². The van der Waals surface area contributed by atoms with Gasteiger partial charge in [-0.1, -0.05) is 177 Å². The van der Waals surface area contributed by atoms with E-state index in [0.717, 1.165) is 96.3 Å². The second-order valence-electron chi connectivity index (χ2n) is 14.5. The first kappa shape index (κ1) is 51.9. The lowest BCUT2D eigenvalue weighted by Gasteiger charge is -2.18. The normalized spacial score (nSPS) is 12.7. The topological polar surface area (TPSA) is 78.9 Å². The van der Waals surface area contributed by atoms with Crippen LogP contribution in [0, 0.1) is 0 Å². The number of unbranched alkanes of at least 4 members (excludes halogenated alkanes) is 16. The summed E-state index contributed by atoms with van der Waals surface area (Å²) in [5.41, 5.74) is 0. The van der Waals surface area contributed by atoms with E-state index in [1.807, 2.05) is 0 Å². The molecule has 1 unspecified atom stereocenters. The molecule has 0 aliphatic rings. The molecule has 55 heavy (non-hydrogen) atoms. The molecule has 0 amide bonds. The van der Waals surface area contributed by atoms with Gasteiger partial charge < -0.3 is 14.2 Å². The maximum atomic E-state index is 12.7. The molecule has 0 saturated heterocycles. The quantitative estimate of drug-likeness (QED) is 0.0268. The Bertz CT molecular complexity index is 1070. The smallest absolute Gasteiger partial charge is 0.306 e. The van der Waals surface area contributed by atoms with Crippen molar-refractivity contribution in [3.63, 3.8) is 0 Å². The number of esters is 3. The molecular formula is C49H82O6. The van der Waals surface area contributed by atoms with Gasteiger partial charge in [0.25, 0.3) is 0 Å². The lowest BCUT2D eigenvalue weighted by atomic mass is 10.0. The zero-order chi connectivity index (χ0) is 40.1. The number of rotatable bonds is 39. The van der Waals surface area contributed by atoms with Crippen LogP contribution in [0.1, 0.15) is 201 Å². The van der Waals surface area contributed by atoms with Crippen molar-refractivity contribution >= 4 is 17.9 Å². The molecule has 0 aliphatic heterocycles. The highest BCUT2D eigenvalue weighted by Crippen LogP contribution is 2.14. The van der Waals surface area contributed by atoms with Crippen LogP contribution in [0.4, 0.5) is 0 Å². The summed E-state index contributed by atoms with van der Waals surface area (Å²) in [6.07, 6.45) is 53.2. The van der Waals surface area contributed by atoms with E-state index in [0.29, 0.717) is 19.3 Å². The van der Waals surface area contributed by atoms with E-state index in [-0.39, 0.29) is 37.5 Å². The van der Waals surface area contributed by atoms with Gasteiger partial charge in [-0.15, -0.1) is 0 Å². The zero-order valence-corrected chi connectivity index (χ0v) is 35.7. The fourth-order valence-corrected chi connectivity index (χ4v) is 5.89. The van der Waals surface area contributed by atoms with E-state index < -0.39 is 6.10 Å². The molecule has 0 rings (SSSR count). The van der Waals surface area contributed by atoms with Crippen molar-refractivity contribution < 1.29 is 28.6 Å². The first-order chi connectivity index (χ1) is 27.0. The SMILES string of the molecule is CC/C=C\C/C=C\C/C=C\CCCCCCC(=O)OCC(COC(=O)CCC/C=C\C/C=C\C/C=C\CC)OC(=O)CCCCCCCCCCCCCC. The van der Waals surface area contributed by atoms with Crippen LogP contribution in [0.2, 0.25) is 0 Å². The summed E-state index contributed by atoms with van der Waals surface area (Å²) in [6, 6.07) is 0. The van der Waals surface area contributed by atoms with Gasteiger partial charge in [0.2, 0.25) is 0 Å². The standard InChI is InChI=1S/C49H82O6/c1-4-7-10-13-16-19-22-24-25-28-30-33-36-39-42-48(51)54-45-46(44-53-47(50)41-38-35-32-29-26-21-18-15-12-9-6-3)55-49(52)43-40-37-34-31-27-23-20-17-14-11-8-5-2/h7,9-10,12,16,18-19,21,24-25,29,32,46H,4-6,8,11,13-15,17,20,22-23,26-28,30-31,33-45H2,1-3H3/b10-7-,12-9-,19-16-,21-18-,25-24-,32-29-. The molecule has 0 N–H and O–H groups in total. The van der Waals surface area contributed by atoms with Gasteiger partial charge in [-0.05, 0) is 77.0 Å². The van der Waals surface area contributed by atoms with Gasteiger partial charge in [0.05, 0.1) is 0 Å². The van der Waals surface area contributed by atoms with Gasteiger partial charge in [-0.3, -0.25) is 14.4 Å². The van der Waals surface area contributed by atoms with E-state index in [1.54, 1.807) is 0 Å². The van der Waals surface area contributed by atoms with Crippen molar-refractivity contribution in [1.82, 2.24) is 0 Å². The number of ether oxygens (including phenoxy) is 3. The second kappa shape index (κ2) is 43.6. The Balaban J connectivity index is 4.47. The molecule has 0 aromatic heterocycles. The molecule has 0 bridgehead atoms. The van der Waals surface area contributed by atoms with Crippen LogP contribution in [-0.2, 0) is 28.6 Å². The lowest BCUT2D eigenvalue weighted by Crippen LogP contribution is -2.30. The third-order valence-electron chi connectivity index (χ3n) is 9.21. The molecule has 6 nitrogen and oxygen atoms in total. The largest absolute Gasteiger partial charge is 0.462 e. The van der Waals surface area contributed by atoms with Crippen LogP contribution in [0.3, 0.4) is 0 Å². The molecule has 0 saturated carbocycles. The van der Waals surface area contributed by atoms with Crippen LogP contribution in [0.15, 0.2) is 72.9 Å². The Morgan fingerprint density at radius 1 is 0.382 bits per heavy atom. The first-order valence-corrected chi connectivity index (χ1v) is 22.4. The van der Waals surface area contributed by atoms with E-state index in [1.165, 1.54) is 57.8 Å². The van der Waals surface area contributed by atoms with Gasteiger partial charge in [-0.2, -0.15) is 0 Å². The van der Waals surface area contributed by atoms with Gasteiger partial charge in [0.1, 0.15) is 13.2 Å².